The van der Waals surface area contributed by atoms with Crippen LogP contribution >= 0.6 is 0 Å². The largest absolute Gasteiger partial charge is 0.498 e. The second-order valence-electron chi connectivity index (χ2n) is 7.55. The summed E-state index contributed by atoms with van der Waals surface area (Å²) in [5, 5.41) is 0. The van der Waals surface area contributed by atoms with Crippen LogP contribution in [0.1, 0.15) is 48.5 Å². The van der Waals surface area contributed by atoms with Crippen LogP contribution in [0.2, 0.25) is 0 Å². The van der Waals surface area contributed by atoms with E-state index in [2.05, 4.69) is 0 Å². The number of rotatable bonds is 7. The molecule has 1 aromatic carbocycles. The maximum absolute atomic E-state index is 11.5. The van der Waals surface area contributed by atoms with Crippen molar-refractivity contribution in [2.45, 2.75) is 65.8 Å². The summed E-state index contributed by atoms with van der Waals surface area (Å²) in [4.78, 5) is 11.5. The molecule has 6 nitrogen and oxygen atoms in total. The van der Waals surface area contributed by atoms with E-state index in [0.29, 0.717) is 18.1 Å². The molecule has 0 N–H and O–H groups in total. The smallest absolute Gasteiger partial charge is 0.491 e. The molecule has 1 saturated heterocycles. The summed E-state index contributed by atoms with van der Waals surface area (Å²) >= 11 is 0. The average molecular weight is 364 g/mol. The van der Waals surface area contributed by atoms with E-state index in [-0.39, 0.29) is 12.7 Å². The lowest BCUT2D eigenvalue weighted by atomic mass is 9.78. The van der Waals surface area contributed by atoms with Crippen molar-refractivity contribution < 1.29 is 28.3 Å². The van der Waals surface area contributed by atoms with E-state index in [1.807, 2.05) is 41.5 Å². The molecule has 1 aliphatic heterocycles. The molecule has 1 heterocycles. The van der Waals surface area contributed by atoms with E-state index >= 15 is 0 Å². The molecule has 2 rings (SSSR count). The summed E-state index contributed by atoms with van der Waals surface area (Å²) in [7, 11) is -0.583. The SMILES string of the molecule is CCOC(=O)COc1ccc(OC(C)C)c(B2OC(C)(C)C(C)(C)O2)c1. The Bertz CT molecular complexity index is 625. The first-order valence-corrected chi connectivity index (χ1v) is 9.00. The lowest BCUT2D eigenvalue weighted by molar-refractivity contribution is -0.145. The number of hydrogen-bond donors (Lipinski definition) is 0. The fourth-order valence-electron chi connectivity index (χ4n) is 2.48. The van der Waals surface area contributed by atoms with Gasteiger partial charge in [0, 0.05) is 5.46 Å². The van der Waals surface area contributed by atoms with Gasteiger partial charge >= 0.3 is 13.1 Å². The van der Waals surface area contributed by atoms with Crippen LogP contribution in [0.15, 0.2) is 18.2 Å². The minimum absolute atomic E-state index is 0.00229. The van der Waals surface area contributed by atoms with E-state index in [1.54, 1.807) is 25.1 Å². The molecule has 0 atom stereocenters. The van der Waals surface area contributed by atoms with Gasteiger partial charge in [-0.05, 0) is 66.7 Å². The second-order valence-corrected chi connectivity index (χ2v) is 7.55. The van der Waals surface area contributed by atoms with Crippen molar-refractivity contribution in [3.63, 3.8) is 0 Å². The summed E-state index contributed by atoms with van der Waals surface area (Å²) in [5.41, 5.74) is -0.193. The molecule has 0 bridgehead atoms. The van der Waals surface area contributed by atoms with E-state index in [1.165, 1.54) is 0 Å². The minimum Gasteiger partial charge on any atom is -0.491 e. The number of benzene rings is 1. The van der Waals surface area contributed by atoms with Gasteiger partial charge in [-0.15, -0.1) is 0 Å². The van der Waals surface area contributed by atoms with Crippen LogP contribution in [-0.4, -0.2) is 43.6 Å². The average Bonchev–Trinajstić information content (AvgIpc) is 2.74. The first kappa shape index (κ1) is 20.6. The summed E-state index contributed by atoms with van der Waals surface area (Å²) in [6, 6.07) is 5.35. The van der Waals surface area contributed by atoms with Gasteiger partial charge in [0.1, 0.15) is 11.5 Å². The number of carbonyl (C=O) groups is 1. The first-order valence-electron chi connectivity index (χ1n) is 9.00. The van der Waals surface area contributed by atoms with Gasteiger partial charge in [0.15, 0.2) is 6.61 Å². The maximum atomic E-state index is 11.5. The van der Waals surface area contributed by atoms with E-state index < -0.39 is 24.3 Å². The Morgan fingerprint density at radius 3 is 2.31 bits per heavy atom. The normalized spacial score (nSPS) is 18.1. The Morgan fingerprint density at radius 1 is 1.15 bits per heavy atom. The highest BCUT2D eigenvalue weighted by atomic mass is 16.7. The molecule has 144 valence electrons. The van der Waals surface area contributed by atoms with Gasteiger partial charge in [0.25, 0.3) is 0 Å². The molecule has 1 aliphatic rings. The number of carbonyl (C=O) groups excluding carboxylic acids is 1. The Kier molecular flexibility index (Phi) is 6.24. The van der Waals surface area contributed by atoms with Gasteiger partial charge in [-0.3, -0.25) is 0 Å². The molecule has 1 aromatic rings. The van der Waals surface area contributed by atoms with Crippen LogP contribution in [0.25, 0.3) is 0 Å². The van der Waals surface area contributed by atoms with Crippen molar-refractivity contribution in [2.24, 2.45) is 0 Å². The highest BCUT2D eigenvalue weighted by molar-refractivity contribution is 6.63. The zero-order valence-electron chi connectivity index (χ0n) is 16.8. The predicted octanol–water partition coefficient (Wildman–Crippen LogP) is 2.71. The monoisotopic (exact) mass is 364 g/mol. The van der Waals surface area contributed by atoms with Crippen molar-refractivity contribution in [1.82, 2.24) is 0 Å². The van der Waals surface area contributed by atoms with Gasteiger partial charge < -0.3 is 23.5 Å². The molecular weight excluding hydrogens is 335 g/mol. The van der Waals surface area contributed by atoms with Crippen LogP contribution in [0.4, 0.5) is 0 Å². The summed E-state index contributed by atoms with van der Waals surface area (Å²) in [5.74, 6) is 0.785. The third-order valence-electron chi connectivity index (χ3n) is 4.51. The van der Waals surface area contributed by atoms with Crippen LogP contribution in [0.5, 0.6) is 11.5 Å². The van der Waals surface area contributed by atoms with Crippen LogP contribution in [0.3, 0.4) is 0 Å². The fraction of sp³-hybridized carbons (Fsp3) is 0.632. The molecule has 0 radical (unpaired) electrons. The molecule has 7 heteroatoms. The standard InChI is InChI=1S/C19H29BO6/c1-8-22-17(21)12-23-14-9-10-16(24-13(2)3)15(11-14)20-25-18(4,5)19(6,7)26-20/h9-11,13H,8,12H2,1-7H3. The van der Waals surface area contributed by atoms with Crippen molar-refractivity contribution in [1.29, 1.82) is 0 Å². The van der Waals surface area contributed by atoms with Crippen molar-refractivity contribution in [2.75, 3.05) is 13.2 Å². The summed E-state index contributed by atoms with van der Waals surface area (Å²) < 4.78 is 28.6. The van der Waals surface area contributed by atoms with Gasteiger partial charge in [-0.25, -0.2) is 4.79 Å². The highest BCUT2D eigenvalue weighted by Gasteiger charge is 2.52. The summed E-state index contributed by atoms with van der Waals surface area (Å²) in [6.45, 7) is 13.8. The van der Waals surface area contributed by atoms with E-state index in [0.717, 1.165) is 5.46 Å². The Hall–Kier alpha value is -1.73. The Balaban J connectivity index is 2.26. The third kappa shape index (κ3) is 4.71. The van der Waals surface area contributed by atoms with Crippen molar-refractivity contribution in [3.05, 3.63) is 18.2 Å². The lowest BCUT2D eigenvalue weighted by Gasteiger charge is -2.32. The minimum atomic E-state index is -0.583. The quantitative estimate of drug-likeness (QED) is 0.548. The molecule has 1 fully saturated rings. The van der Waals surface area contributed by atoms with Crippen molar-refractivity contribution >= 4 is 18.6 Å². The fourth-order valence-corrected chi connectivity index (χ4v) is 2.48. The molecule has 0 unspecified atom stereocenters. The second kappa shape index (κ2) is 7.88. The molecule has 0 saturated carbocycles. The number of hydrogen-bond acceptors (Lipinski definition) is 6. The Morgan fingerprint density at radius 2 is 1.77 bits per heavy atom. The molecule has 0 aliphatic carbocycles. The molecule has 0 spiro atoms. The Labute approximate surface area is 156 Å². The topological polar surface area (TPSA) is 63.2 Å². The van der Waals surface area contributed by atoms with Gasteiger partial charge in [-0.2, -0.15) is 0 Å². The molecule has 0 aromatic heterocycles. The third-order valence-corrected chi connectivity index (χ3v) is 4.51. The molecule has 0 amide bonds. The van der Waals surface area contributed by atoms with E-state index in [4.69, 9.17) is 23.5 Å². The van der Waals surface area contributed by atoms with Gasteiger partial charge in [-0.1, -0.05) is 0 Å². The lowest BCUT2D eigenvalue weighted by Crippen LogP contribution is -2.41. The van der Waals surface area contributed by atoms with Crippen LogP contribution in [0, 0.1) is 0 Å². The van der Waals surface area contributed by atoms with Gasteiger partial charge in [0.2, 0.25) is 0 Å². The van der Waals surface area contributed by atoms with E-state index in [9.17, 15) is 4.79 Å². The number of ether oxygens (including phenoxy) is 3. The molecule has 26 heavy (non-hydrogen) atoms. The van der Waals surface area contributed by atoms with Crippen molar-refractivity contribution in [3.8, 4) is 11.5 Å². The predicted molar refractivity (Wildman–Crippen MR) is 100 cm³/mol. The zero-order chi connectivity index (χ0) is 19.5. The first-order chi connectivity index (χ1) is 12.1. The highest BCUT2D eigenvalue weighted by Crippen LogP contribution is 2.37. The van der Waals surface area contributed by atoms with Gasteiger partial charge in [0.05, 0.1) is 23.9 Å². The van der Waals surface area contributed by atoms with Crippen LogP contribution in [-0.2, 0) is 18.8 Å². The number of esters is 1. The molecular formula is C19H29BO6. The zero-order valence-corrected chi connectivity index (χ0v) is 16.8. The van der Waals surface area contributed by atoms with Crippen LogP contribution < -0.4 is 14.9 Å². The maximum Gasteiger partial charge on any atom is 0.498 e. The summed E-state index contributed by atoms with van der Waals surface area (Å²) in [6.07, 6.45) is 0.00229.